The molecule has 1 aromatic carbocycles. The molecule has 17 heavy (non-hydrogen) atoms. The van der Waals surface area contributed by atoms with E-state index in [2.05, 4.69) is 51.9 Å². The van der Waals surface area contributed by atoms with Gasteiger partial charge in [0.1, 0.15) is 0 Å². The summed E-state index contributed by atoms with van der Waals surface area (Å²) in [5.74, 6) is 5.72. The van der Waals surface area contributed by atoms with Crippen LogP contribution in [0.2, 0.25) is 0 Å². The predicted octanol–water partition coefficient (Wildman–Crippen LogP) is 3.52. The van der Waals surface area contributed by atoms with Crippen LogP contribution >= 0.6 is 22.7 Å². The lowest BCUT2D eigenvalue weighted by atomic mass is 10.0. The molecule has 0 aliphatic carbocycles. The second-order valence-corrected chi connectivity index (χ2v) is 5.54. The third-order valence-electron chi connectivity index (χ3n) is 2.86. The topological polar surface area (TPSA) is 38.0 Å². The molecular formula is C13H12N2S2. The van der Waals surface area contributed by atoms with E-state index in [-0.39, 0.29) is 6.04 Å². The standard InChI is InChI=1S/C13H12N2S2/c14-15-12(10-4-6-16-8-10)11-3-1-2-9-5-7-17-13(9)11/h1-8,12,15H,14H2. The zero-order valence-corrected chi connectivity index (χ0v) is 10.7. The number of nitrogens with two attached hydrogens (primary N) is 1. The molecule has 2 heterocycles. The second-order valence-electron chi connectivity index (χ2n) is 3.84. The molecule has 1 atom stereocenters. The van der Waals surface area contributed by atoms with Crippen molar-refractivity contribution >= 4 is 32.8 Å². The Labute approximate surface area is 108 Å². The largest absolute Gasteiger partial charge is 0.271 e. The smallest absolute Gasteiger partial charge is 0.0731 e. The van der Waals surface area contributed by atoms with E-state index in [0.717, 1.165) is 0 Å². The third kappa shape index (κ3) is 1.89. The van der Waals surface area contributed by atoms with Gasteiger partial charge in [-0.25, -0.2) is 5.43 Å². The van der Waals surface area contributed by atoms with Crippen molar-refractivity contribution in [3.05, 3.63) is 57.6 Å². The van der Waals surface area contributed by atoms with E-state index in [1.54, 1.807) is 22.7 Å². The van der Waals surface area contributed by atoms with Gasteiger partial charge in [0.2, 0.25) is 0 Å². The highest BCUT2D eigenvalue weighted by molar-refractivity contribution is 7.17. The minimum atomic E-state index is 0.0728. The average molecular weight is 260 g/mol. The van der Waals surface area contributed by atoms with Gasteiger partial charge in [-0.3, -0.25) is 5.84 Å². The first-order valence-electron chi connectivity index (χ1n) is 5.34. The Bertz CT molecular complexity index is 613. The van der Waals surface area contributed by atoms with Crippen LogP contribution in [0.4, 0.5) is 0 Å². The molecule has 3 aromatic rings. The Balaban J connectivity index is 2.16. The Morgan fingerprint density at radius 2 is 2.06 bits per heavy atom. The molecule has 0 spiro atoms. The average Bonchev–Trinajstić information content (AvgIpc) is 3.00. The zero-order valence-electron chi connectivity index (χ0n) is 9.09. The molecule has 0 saturated heterocycles. The summed E-state index contributed by atoms with van der Waals surface area (Å²) >= 11 is 3.46. The summed E-state index contributed by atoms with van der Waals surface area (Å²) in [5.41, 5.74) is 5.39. The molecule has 0 saturated carbocycles. The van der Waals surface area contributed by atoms with Gasteiger partial charge in [0.25, 0.3) is 0 Å². The van der Waals surface area contributed by atoms with Crippen LogP contribution in [-0.4, -0.2) is 0 Å². The van der Waals surface area contributed by atoms with Crippen molar-refractivity contribution in [1.29, 1.82) is 0 Å². The van der Waals surface area contributed by atoms with Gasteiger partial charge in [-0.05, 0) is 44.8 Å². The van der Waals surface area contributed by atoms with Crippen molar-refractivity contribution in [2.75, 3.05) is 0 Å². The van der Waals surface area contributed by atoms with Crippen LogP contribution < -0.4 is 11.3 Å². The summed E-state index contributed by atoms with van der Waals surface area (Å²) < 4.78 is 1.31. The number of fused-ring (bicyclic) bond motifs is 1. The number of rotatable bonds is 3. The summed E-state index contributed by atoms with van der Waals surface area (Å²) in [6, 6.07) is 10.7. The number of nitrogens with one attached hydrogen (secondary N) is 1. The lowest BCUT2D eigenvalue weighted by Gasteiger charge is -2.16. The second kappa shape index (κ2) is 4.58. The van der Waals surface area contributed by atoms with Gasteiger partial charge in [0.05, 0.1) is 6.04 Å². The molecule has 0 amide bonds. The van der Waals surface area contributed by atoms with Crippen molar-refractivity contribution in [2.24, 2.45) is 5.84 Å². The SMILES string of the molecule is NNC(c1ccsc1)c1cccc2ccsc12. The van der Waals surface area contributed by atoms with Gasteiger partial charge in [-0.1, -0.05) is 18.2 Å². The monoisotopic (exact) mass is 260 g/mol. The third-order valence-corrected chi connectivity index (χ3v) is 4.54. The molecule has 86 valence electrons. The molecule has 3 rings (SSSR count). The molecule has 2 nitrogen and oxygen atoms in total. The molecule has 0 aliphatic heterocycles. The summed E-state index contributed by atoms with van der Waals surface area (Å²) in [7, 11) is 0. The molecule has 0 fully saturated rings. The summed E-state index contributed by atoms with van der Waals surface area (Å²) in [5, 5.41) is 7.61. The quantitative estimate of drug-likeness (QED) is 0.558. The number of hydrogen-bond donors (Lipinski definition) is 2. The van der Waals surface area contributed by atoms with E-state index in [0.29, 0.717) is 0 Å². The number of hydrazine groups is 1. The maximum Gasteiger partial charge on any atom is 0.0731 e. The van der Waals surface area contributed by atoms with Crippen molar-refractivity contribution in [2.45, 2.75) is 6.04 Å². The van der Waals surface area contributed by atoms with Gasteiger partial charge in [-0.2, -0.15) is 11.3 Å². The van der Waals surface area contributed by atoms with Crippen LogP contribution in [0, 0.1) is 0 Å². The summed E-state index contributed by atoms with van der Waals surface area (Å²) in [4.78, 5) is 0. The van der Waals surface area contributed by atoms with Crippen LogP contribution in [0.15, 0.2) is 46.5 Å². The molecule has 3 N–H and O–H groups in total. The highest BCUT2D eigenvalue weighted by Gasteiger charge is 2.15. The summed E-state index contributed by atoms with van der Waals surface area (Å²) in [6.45, 7) is 0. The number of hydrogen-bond acceptors (Lipinski definition) is 4. The Kier molecular flexibility index (Phi) is 2.94. The number of thiophene rings is 2. The highest BCUT2D eigenvalue weighted by Crippen LogP contribution is 2.32. The molecule has 2 aromatic heterocycles. The minimum absolute atomic E-state index is 0.0728. The lowest BCUT2D eigenvalue weighted by Crippen LogP contribution is -2.28. The Morgan fingerprint density at radius 1 is 1.12 bits per heavy atom. The Morgan fingerprint density at radius 3 is 2.82 bits per heavy atom. The normalized spacial score (nSPS) is 13.0. The highest BCUT2D eigenvalue weighted by atomic mass is 32.1. The van der Waals surface area contributed by atoms with Crippen molar-refractivity contribution in [3.63, 3.8) is 0 Å². The van der Waals surface area contributed by atoms with Crippen molar-refractivity contribution < 1.29 is 0 Å². The first-order valence-corrected chi connectivity index (χ1v) is 7.17. The van der Waals surface area contributed by atoms with Crippen LogP contribution in [0.3, 0.4) is 0 Å². The van der Waals surface area contributed by atoms with E-state index in [1.165, 1.54) is 21.2 Å². The predicted molar refractivity (Wildman–Crippen MR) is 75.3 cm³/mol. The van der Waals surface area contributed by atoms with E-state index in [1.807, 2.05) is 0 Å². The van der Waals surface area contributed by atoms with E-state index < -0.39 is 0 Å². The molecule has 0 bridgehead atoms. The Hall–Kier alpha value is -1.20. The maximum atomic E-state index is 5.72. The van der Waals surface area contributed by atoms with Crippen molar-refractivity contribution in [3.8, 4) is 0 Å². The fourth-order valence-corrected chi connectivity index (χ4v) is 3.68. The fourth-order valence-electron chi connectivity index (χ4n) is 2.05. The van der Waals surface area contributed by atoms with E-state index >= 15 is 0 Å². The summed E-state index contributed by atoms with van der Waals surface area (Å²) in [6.07, 6.45) is 0. The fraction of sp³-hybridized carbons (Fsp3) is 0.0769. The molecule has 1 unspecified atom stereocenters. The van der Waals surface area contributed by atoms with Crippen LogP contribution in [0.1, 0.15) is 17.2 Å². The van der Waals surface area contributed by atoms with Crippen LogP contribution in [0.5, 0.6) is 0 Å². The van der Waals surface area contributed by atoms with Gasteiger partial charge in [0.15, 0.2) is 0 Å². The minimum Gasteiger partial charge on any atom is -0.271 e. The number of benzene rings is 1. The van der Waals surface area contributed by atoms with Gasteiger partial charge in [-0.15, -0.1) is 11.3 Å². The van der Waals surface area contributed by atoms with Gasteiger partial charge < -0.3 is 0 Å². The van der Waals surface area contributed by atoms with Crippen molar-refractivity contribution in [1.82, 2.24) is 5.43 Å². The first-order chi connectivity index (χ1) is 8.40. The molecule has 0 radical (unpaired) electrons. The van der Waals surface area contributed by atoms with Crippen LogP contribution in [-0.2, 0) is 0 Å². The molecule has 0 aliphatic rings. The molecule has 4 heteroatoms. The molecular weight excluding hydrogens is 248 g/mol. The lowest BCUT2D eigenvalue weighted by molar-refractivity contribution is 0.643. The van der Waals surface area contributed by atoms with Gasteiger partial charge >= 0.3 is 0 Å². The maximum absolute atomic E-state index is 5.72. The zero-order chi connectivity index (χ0) is 11.7. The van der Waals surface area contributed by atoms with Gasteiger partial charge in [0, 0.05) is 4.70 Å². The van der Waals surface area contributed by atoms with E-state index in [4.69, 9.17) is 5.84 Å². The first kappa shape index (κ1) is 10.9. The van der Waals surface area contributed by atoms with E-state index in [9.17, 15) is 0 Å². The van der Waals surface area contributed by atoms with Crippen LogP contribution in [0.25, 0.3) is 10.1 Å².